The maximum Gasteiger partial charge on any atom is 0.259 e. The van der Waals surface area contributed by atoms with Crippen LogP contribution in [0.25, 0.3) is 0 Å². The van der Waals surface area contributed by atoms with Crippen LogP contribution >= 0.6 is 0 Å². The van der Waals surface area contributed by atoms with Crippen LogP contribution in [0.15, 0.2) is 42.6 Å². The van der Waals surface area contributed by atoms with Crippen LogP contribution in [0.5, 0.6) is 5.75 Å². The van der Waals surface area contributed by atoms with E-state index >= 15 is 0 Å². The molecule has 2 N–H and O–H groups in total. The van der Waals surface area contributed by atoms with E-state index in [1.165, 1.54) is 0 Å². The molecule has 23 heavy (non-hydrogen) atoms. The smallest absolute Gasteiger partial charge is 0.259 e. The Bertz CT molecular complexity index is 641. The molecule has 0 bridgehead atoms. The van der Waals surface area contributed by atoms with Gasteiger partial charge in [0.25, 0.3) is 5.91 Å². The quantitative estimate of drug-likeness (QED) is 0.821. The SMILES string of the molecule is COc1ccccc1C(=O)Nc1ccc(NCCN(C)C)nc1. The third-order valence-electron chi connectivity index (χ3n) is 3.24. The van der Waals surface area contributed by atoms with Crippen molar-refractivity contribution in [3.63, 3.8) is 0 Å². The van der Waals surface area contributed by atoms with Crippen LogP contribution in [0.1, 0.15) is 10.4 Å². The molecule has 0 aliphatic rings. The third-order valence-corrected chi connectivity index (χ3v) is 3.24. The predicted molar refractivity (Wildman–Crippen MR) is 92.2 cm³/mol. The number of para-hydroxylation sites is 1. The van der Waals surface area contributed by atoms with Crippen molar-refractivity contribution in [2.45, 2.75) is 0 Å². The summed E-state index contributed by atoms with van der Waals surface area (Å²) in [4.78, 5) is 18.7. The molecule has 1 aromatic heterocycles. The number of rotatable bonds is 7. The number of carbonyl (C=O) groups is 1. The molecule has 6 heteroatoms. The fourth-order valence-corrected chi connectivity index (χ4v) is 2.01. The first-order valence-corrected chi connectivity index (χ1v) is 7.39. The summed E-state index contributed by atoms with van der Waals surface area (Å²) in [6.07, 6.45) is 1.63. The number of nitrogens with zero attached hydrogens (tertiary/aromatic N) is 2. The van der Waals surface area contributed by atoms with Crippen molar-refractivity contribution >= 4 is 17.4 Å². The largest absolute Gasteiger partial charge is 0.496 e. The lowest BCUT2D eigenvalue weighted by atomic mass is 10.2. The summed E-state index contributed by atoms with van der Waals surface area (Å²) in [5.41, 5.74) is 1.13. The molecule has 0 saturated carbocycles. The van der Waals surface area contributed by atoms with Crippen molar-refractivity contribution in [2.24, 2.45) is 0 Å². The van der Waals surface area contributed by atoms with Gasteiger partial charge in [0.1, 0.15) is 11.6 Å². The van der Waals surface area contributed by atoms with E-state index in [1.807, 2.05) is 32.3 Å². The fraction of sp³-hybridized carbons (Fsp3) is 0.294. The number of hydrogen-bond donors (Lipinski definition) is 2. The first kappa shape index (κ1) is 16.8. The van der Waals surface area contributed by atoms with E-state index in [2.05, 4.69) is 20.5 Å². The predicted octanol–water partition coefficient (Wildman–Crippen LogP) is 2.32. The molecule has 0 atom stereocenters. The van der Waals surface area contributed by atoms with Crippen molar-refractivity contribution < 1.29 is 9.53 Å². The third kappa shape index (κ3) is 4.96. The average molecular weight is 314 g/mol. The van der Waals surface area contributed by atoms with Crippen LogP contribution in [0.4, 0.5) is 11.5 Å². The standard InChI is InChI=1S/C17H22N4O2/c1-21(2)11-10-18-16-9-8-13(12-19-16)20-17(22)14-6-4-5-7-15(14)23-3/h4-9,12H,10-11H2,1-3H3,(H,18,19)(H,20,22). The highest BCUT2D eigenvalue weighted by Crippen LogP contribution is 2.19. The van der Waals surface area contributed by atoms with Gasteiger partial charge in [-0.1, -0.05) is 12.1 Å². The summed E-state index contributed by atoms with van der Waals surface area (Å²) in [5, 5.41) is 6.04. The van der Waals surface area contributed by atoms with Gasteiger partial charge in [-0.15, -0.1) is 0 Å². The molecule has 0 spiro atoms. The molecule has 0 radical (unpaired) electrons. The van der Waals surface area contributed by atoms with E-state index in [1.54, 1.807) is 31.5 Å². The summed E-state index contributed by atoms with van der Waals surface area (Å²) < 4.78 is 5.20. The van der Waals surface area contributed by atoms with E-state index in [-0.39, 0.29) is 5.91 Å². The zero-order chi connectivity index (χ0) is 16.7. The van der Waals surface area contributed by atoms with Crippen molar-refractivity contribution in [1.82, 2.24) is 9.88 Å². The van der Waals surface area contributed by atoms with E-state index in [0.29, 0.717) is 17.0 Å². The van der Waals surface area contributed by atoms with Gasteiger partial charge in [-0.25, -0.2) is 4.98 Å². The summed E-state index contributed by atoms with van der Waals surface area (Å²) in [5.74, 6) is 1.10. The molecule has 6 nitrogen and oxygen atoms in total. The molecular formula is C17H22N4O2. The minimum atomic E-state index is -0.224. The number of hydrogen-bond acceptors (Lipinski definition) is 5. The van der Waals surface area contributed by atoms with Gasteiger partial charge in [-0.2, -0.15) is 0 Å². The second kappa shape index (κ2) is 8.14. The lowest BCUT2D eigenvalue weighted by molar-refractivity contribution is 0.102. The maximum absolute atomic E-state index is 12.3. The van der Waals surface area contributed by atoms with Gasteiger partial charge in [-0.3, -0.25) is 4.79 Å². The van der Waals surface area contributed by atoms with E-state index in [0.717, 1.165) is 18.9 Å². The number of amides is 1. The second-order valence-electron chi connectivity index (χ2n) is 5.32. The molecular weight excluding hydrogens is 292 g/mol. The summed E-state index contributed by atoms with van der Waals surface area (Å²) in [6, 6.07) is 10.8. The molecule has 0 fully saturated rings. The van der Waals surface area contributed by atoms with E-state index < -0.39 is 0 Å². The molecule has 1 heterocycles. The molecule has 0 aliphatic carbocycles. The van der Waals surface area contributed by atoms with Crippen molar-refractivity contribution in [3.8, 4) is 5.75 Å². The van der Waals surface area contributed by atoms with Gasteiger partial charge in [0.2, 0.25) is 0 Å². The van der Waals surface area contributed by atoms with Gasteiger partial charge < -0.3 is 20.3 Å². The topological polar surface area (TPSA) is 66.5 Å². The molecule has 1 amide bonds. The minimum absolute atomic E-state index is 0.224. The lowest BCUT2D eigenvalue weighted by Gasteiger charge is -2.11. The first-order chi connectivity index (χ1) is 11.1. The highest BCUT2D eigenvalue weighted by molar-refractivity contribution is 6.06. The second-order valence-corrected chi connectivity index (χ2v) is 5.32. The number of anilines is 2. The van der Waals surface area contributed by atoms with Crippen LogP contribution in [0.3, 0.4) is 0 Å². The molecule has 2 aromatic rings. The normalized spacial score (nSPS) is 10.4. The van der Waals surface area contributed by atoms with Crippen LogP contribution in [-0.2, 0) is 0 Å². The molecule has 0 aliphatic heterocycles. The summed E-state index contributed by atoms with van der Waals surface area (Å²) in [7, 11) is 5.58. The first-order valence-electron chi connectivity index (χ1n) is 7.39. The molecule has 2 rings (SSSR count). The van der Waals surface area contributed by atoms with Crippen LogP contribution < -0.4 is 15.4 Å². The Morgan fingerprint density at radius 1 is 1.22 bits per heavy atom. The zero-order valence-corrected chi connectivity index (χ0v) is 13.7. The van der Waals surface area contributed by atoms with Gasteiger partial charge in [0.15, 0.2) is 0 Å². The van der Waals surface area contributed by atoms with Crippen molar-refractivity contribution in [3.05, 3.63) is 48.2 Å². The lowest BCUT2D eigenvalue weighted by Crippen LogP contribution is -2.21. The van der Waals surface area contributed by atoms with Gasteiger partial charge >= 0.3 is 0 Å². The van der Waals surface area contributed by atoms with Crippen molar-refractivity contribution in [1.29, 1.82) is 0 Å². The number of nitrogens with one attached hydrogen (secondary N) is 2. The van der Waals surface area contributed by atoms with Gasteiger partial charge in [-0.05, 0) is 38.4 Å². The summed E-state index contributed by atoms with van der Waals surface area (Å²) >= 11 is 0. The molecule has 0 saturated heterocycles. The number of methoxy groups -OCH3 is 1. The highest BCUT2D eigenvalue weighted by atomic mass is 16.5. The van der Waals surface area contributed by atoms with Crippen LogP contribution in [0, 0.1) is 0 Å². The molecule has 122 valence electrons. The highest BCUT2D eigenvalue weighted by Gasteiger charge is 2.11. The minimum Gasteiger partial charge on any atom is -0.496 e. The van der Waals surface area contributed by atoms with Crippen molar-refractivity contribution in [2.75, 3.05) is 44.9 Å². The number of likely N-dealkylation sites (N-methyl/N-ethyl adjacent to an activating group) is 1. The Hall–Kier alpha value is -2.60. The van der Waals surface area contributed by atoms with Crippen LogP contribution in [-0.4, -0.2) is 50.1 Å². The zero-order valence-electron chi connectivity index (χ0n) is 13.7. The van der Waals surface area contributed by atoms with Crippen LogP contribution in [0.2, 0.25) is 0 Å². The molecule has 0 unspecified atom stereocenters. The number of carbonyl (C=O) groups excluding carboxylic acids is 1. The number of ether oxygens (including phenoxy) is 1. The number of pyridine rings is 1. The number of aromatic nitrogens is 1. The van der Waals surface area contributed by atoms with Gasteiger partial charge in [0.05, 0.1) is 24.6 Å². The number of benzene rings is 1. The average Bonchev–Trinajstić information content (AvgIpc) is 2.56. The van der Waals surface area contributed by atoms with E-state index in [4.69, 9.17) is 4.74 Å². The Labute approximate surface area is 136 Å². The van der Waals surface area contributed by atoms with Gasteiger partial charge in [0, 0.05) is 13.1 Å². The fourth-order valence-electron chi connectivity index (χ4n) is 2.01. The Balaban J connectivity index is 1.96. The Morgan fingerprint density at radius 2 is 2.00 bits per heavy atom. The Kier molecular flexibility index (Phi) is 5.94. The Morgan fingerprint density at radius 3 is 2.65 bits per heavy atom. The molecule has 1 aromatic carbocycles. The summed E-state index contributed by atoms with van der Waals surface area (Å²) in [6.45, 7) is 1.74. The monoisotopic (exact) mass is 314 g/mol. The maximum atomic E-state index is 12.3. The van der Waals surface area contributed by atoms with E-state index in [9.17, 15) is 4.79 Å².